The molecule has 0 bridgehead atoms. The third-order valence-corrected chi connectivity index (χ3v) is 5.05. The lowest BCUT2D eigenvalue weighted by atomic mass is 9.75. The van der Waals surface area contributed by atoms with Crippen LogP contribution in [0.3, 0.4) is 0 Å². The summed E-state index contributed by atoms with van der Waals surface area (Å²) in [6.45, 7) is 16.4. The van der Waals surface area contributed by atoms with Crippen molar-refractivity contribution in [2.24, 2.45) is 11.3 Å². The predicted molar refractivity (Wildman–Crippen MR) is 92.1 cm³/mol. The molecule has 0 saturated carbocycles. The van der Waals surface area contributed by atoms with Gasteiger partial charge in [-0.1, -0.05) is 46.2 Å². The van der Waals surface area contributed by atoms with Gasteiger partial charge in [-0.25, -0.2) is 0 Å². The third-order valence-electron chi connectivity index (χ3n) is 4.61. The van der Waals surface area contributed by atoms with Gasteiger partial charge in [-0.15, -0.1) is 0 Å². The molecule has 1 aromatic rings. The van der Waals surface area contributed by atoms with Crippen LogP contribution in [0.2, 0.25) is 5.02 Å². The SMILES string of the molecule is CCCNCC(C)(Cc1c(Cl)c(CC)nn1CC)C(C)C. The fourth-order valence-electron chi connectivity index (χ4n) is 2.59. The van der Waals surface area contributed by atoms with Crippen LogP contribution in [0.1, 0.15) is 59.4 Å². The van der Waals surface area contributed by atoms with E-state index in [2.05, 4.69) is 56.6 Å². The number of rotatable bonds is 9. The van der Waals surface area contributed by atoms with Crippen molar-refractivity contribution in [3.05, 3.63) is 16.4 Å². The molecule has 21 heavy (non-hydrogen) atoms. The highest BCUT2D eigenvalue weighted by atomic mass is 35.5. The van der Waals surface area contributed by atoms with Gasteiger partial charge in [0.1, 0.15) is 0 Å². The quantitative estimate of drug-likeness (QED) is 0.688. The second-order valence-corrected chi connectivity index (χ2v) is 6.92. The zero-order valence-corrected chi connectivity index (χ0v) is 15.3. The summed E-state index contributed by atoms with van der Waals surface area (Å²) in [5.41, 5.74) is 2.42. The summed E-state index contributed by atoms with van der Waals surface area (Å²) in [6.07, 6.45) is 3.04. The Morgan fingerprint density at radius 1 is 1.29 bits per heavy atom. The van der Waals surface area contributed by atoms with Crippen molar-refractivity contribution in [1.29, 1.82) is 0 Å². The molecule has 122 valence electrons. The molecule has 0 radical (unpaired) electrons. The van der Waals surface area contributed by atoms with Crippen molar-refractivity contribution in [1.82, 2.24) is 15.1 Å². The first kappa shape index (κ1) is 18.5. The van der Waals surface area contributed by atoms with Crippen molar-refractivity contribution < 1.29 is 0 Å². The standard InChI is InChI=1S/C17H32ClN3/c1-7-10-19-12-17(6,13(4)5)11-15-16(18)14(8-2)20-21(15)9-3/h13,19H,7-12H2,1-6H3. The van der Waals surface area contributed by atoms with Crippen LogP contribution in [-0.4, -0.2) is 22.9 Å². The van der Waals surface area contributed by atoms with Crippen molar-refractivity contribution >= 4 is 11.6 Å². The molecule has 4 heteroatoms. The van der Waals surface area contributed by atoms with Gasteiger partial charge in [0.25, 0.3) is 0 Å². The van der Waals surface area contributed by atoms with Crippen LogP contribution in [0.25, 0.3) is 0 Å². The number of nitrogens with one attached hydrogen (secondary N) is 1. The van der Waals surface area contributed by atoms with E-state index in [1.54, 1.807) is 0 Å². The second kappa shape index (κ2) is 8.19. The number of hydrogen-bond donors (Lipinski definition) is 1. The fraction of sp³-hybridized carbons (Fsp3) is 0.824. The molecule has 1 atom stereocenters. The second-order valence-electron chi connectivity index (χ2n) is 6.54. The first-order chi connectivity index (χ1) is 9.89. The highest BCUT2D eigenvalue weighted by Gasteiger charge is 2.31. The topological polar surface area (TPSA) is 29.9 Å². The maximum absolute atomic E-state index is 6.58. The van der Waals surface area contributed by atoms with Crippen LogP contribution in [-0.2, 0) is 19.4 Å². The summed E-state index contributed by atoms with van der Waals surface area (Å²) >= 11 is 6.58. The molecular formula is C17H32ClN3. The van der Waals surface area contributed by atoms with Crippen LogP contribution in [0.15, 0.2) is 0 Å². The van der Waals surface area contributed by atoms with E-state index in [0.717, 1.165) is 43.2 Å². The van der Waals surface area contributed by atoms with E-state index in [1.165, 1.54) is 12.1 Å². The minimum atomic E-state index is 0.191. The number of hydrogen-bond acceptors (Lipinski definition) is 2. The molecule has 0 spiro atoms. The van der Waals surface area contributed by atoms with Gasteiger partial charge >= 0.3 is 0 Å². The Kier molecular flexibility index (Phi) is 7.22. The molecule has 0 amide bonds. The first-order valence-corrected chi connectivity index (χ1v) is 8.72. The molecule has 0 aliphatic carbocycles. The number of aromatic nitrogens is 2. The zero-order valence-electron chi connectivity index (χ0n) is 14.6. The Bertz CT molecular complexity index is 439. The summed E-state index contributed by atoms with van der Waals surface area (Å²) in [7, 11) is 0. The Hall–Kier alpha value is -0.540. The lowest BCUT2D eigenvalue weighted by Gasteiger charge is -2.34. The summed E-state index contributed by atoms with van der Waals surface area (Å²) in [5.74, 6) is 0.586. The predicted octanol–water partition coefficient (Wildman–Crippen LogP) is 4.32. The van der Waals surface area contributed by atoms with Crippen LogP contribution < -0.4 is 5.32 Å². The maximum Gasteiger partial charge on any atom is 0.0850 e. The van der Waals surface area contributed by atoms with E-state index in [-0.39, 0.29) is 5.41 Å². The van der Waals surface area contributed by atoms with E-state index in [9.17, 15) is 0 Å². The van der Waals surface area contributed by atoms with Crippen LogP contribution in [0, 0.1) is 11.3 Å². The van der Waals surface area contributed by atoms with E-state index in [0.29, 0.717) is 5.92 Å². The highest BCUT2D eigenvalue weighted by Crippen LogP contribution is 2.34. The molecule has 0 saturated heterocycles. The summed E-state index contributed by atoms with van der Waals surface area (Å²) < 4.78 is 2.08. The van der Waals surface area contributed by atoms with Crippen molar-refractivity contribution in [2.45, 2.75) is 67.3 Å². The Morgan fingerprint density at radius 3 is 2.43 bits per heavy atom. The molecule has 1 rings (SSSR count). The molecule has 0 fully saturated rings. The summed E-state index contributed by atoms with van der Waals surface area (Å²) in [5, 5.41) is 9.11. The third kappa shape index (κ3) is 4.46. The number of aryl methyl sites for hydroxylation is 2. The molecular weight excluding hydrogens is 282 g/mol. The minimum Gasteiger partial charge on any atom is -0.316 e. The van der Waals surface area contributed by atoms with Crippen molar-refractivity contribution in [2.75, 3.05) is 13.1 Å². The fourth-order valence-corrected chi connectivity index (χ4v) is 2.93. The van der Waals surface area contributed by atoms with Crippen molar-refractivity contribution in [3.8, 4) is 0 Å². The van der Waals surface area contributed by atoms with Crippen LogP contribution in [0.4, 0.5) is 0 Å². The van der Waals surface area contributed by atoms with E-state index in [4.69, 9.17) is 11.6 Å². The normalized spacial score (nSPS) is 14.7. The van der Waals surface area contributed by atoms with Crippen molar-refractivity contribution in [3.63, 3.8) is 0 Å². The monoisotopic (exact) mass is 313 g/mol. The van der Waals surface area contributed by atoms with Gasteiger partial charge in [-0.2, -0.15) is 5.10 Å². The van der Waals surface area contributed by atoms with Gasteiger partial charge in [-0.3, -0.25) is 4.68 Å². The van der Waals surface area contributed by atoms with Gasteiger partial charge in [0.05, 0.1) is 16.4 Å². The van der Waals surface area contributed by atoms with Gasteiger partial charge in [0, 0.05) is 13.1 Å². The van der Waals surface area contributed by atoms with Gasteiger partial charge in [0.2, 0.25) is 0 Å². The molecule has 1 unspecified atom stereocenters. The molecule has 3 nitrogen and oxygen atoms in total. The molecule has 1 aromatic heterocycles. The molecule has 0 aliphatic rings. The smallest absolute Gasteiger partial charge is 0.0850 e. The summed E-state index contributed by atoms with van der Waals surface area (Å²) in [4.78, 5) is 0. The van der Waals surface area contributed by atoms with Gasteiger partial charge in [-0.05, 0) is 44.1 Å². The Balaban J connectivity index is 3.00. The van der Waals surface area contributed by atoms with Crippen LogP contribution in [0.5, 0.6) is 0 Å². The average Bonchev–Trinajstić information content (AvgIpc) is 2.75. The average molecular weight is 314 g/mol. The highest BCUT2D eigenvalue weighted by molar-refractivity contribution is 6.31. The molecule has 0 aromatic carbocycles. The number of nitrogens with zero attached hydrogens (tertiary/aromatic N) is 2. The maximum atomic E-state index is 6.58. The molecule has 1 N–H and O–H groups in total. The minimum absolute atomic E-state index is 0.191. The van der Waals surface area contributed by atoms with Gasteiger partial charge < -0.3 is 5.32 Å². The number of halogens is 1. The van der Waals surface area contributed by atoms with E-state index < -0.39 is 0 Å². The molecule has 0 aliphatic heterocycles. The molecule has 1 heterocycles. The first-order valence-electron chi connectivity index (χ1n) is 8.34. The Morgan fingerprint density at radius 2 is 1.95 bits per heavy atom. The summed E-state index contributed by atoms with van der Waals surface area (Å²) in [6, 6.07) is 0. The van der Waals surface area contributed by atoms with E-state index >= 15 is 0 Å². The lowest BCUT2D eigenvalue weighted by Crippen LogP contribution is -2.38. The van der Waals surface area contributed by atoms with Crippen LogP contribution >= 0.6 is 11.6 Å². The lowest BCUT2D eigenvalue weighted by molar-refractivity contribution is 0.203. The van der Waals surface area contributed by atoms with Gasteiger partial charge in [0.15, 0.2) is 0 Å². The Labute approximate surface area is 135 Å². The largest absolute Gasteiger partial charge is 0.316 e. The zero-order chi connectivity index (χ0) is 16.0. The van der Waals surface area contributed by atoms with E-state index in [1.807, 2.05) is 0 Å².